The molecule has 5 atom stereocenters. The van der Waals surface area contributed by atoms with E-state index < -0.39 is 0 Å². The molecule has 5 aliphatic rings. The van der Waals surface area contributed by atoms with E-state index in [1.165, 1.54) is 5.56 Å². The first-order valence-corrected chi connectivity index (χ1v) is 21.8. The molecule has 0 spiro atoms. The van der Waals surface area contributed by atoms with Crippen molar-refractivity contribution in [3.63, 3.8) is 0 Å². The van der Waals surface area contributed by atoms with Crippen LogP contribution in [0.4, 0.5) is 0 Å². The lowest BCUT2D eigenvalue weighted by atomic mass is 10.0. The van der Waals surface area contributed by atoms with Crippen molar-refractivity contribution in [1.82, 2.24) is 0 Å². The Balaban J connectivity index is 0.000000144. The SMILES string of the molecule is CC(C)C.CC(C)c1ccccc1OCC1CO1.c1ccc(OCC2CO2)cc1.c1ccc(OCC2CO2)cc1.c1ccc(OCC2CO2)cc1.c1ccc(OCC2CO2)cc1. The molecule has 5 unspecified atom stereocenters. The van der Waals surface area contributed by atoms with Gasteiger partial charge >= 0.3 is 0 Å². The third-order valence-corrected chi connectivity index (χ3v) is 8.69. The third kappa shape index (κ3) is 23.8. The average molecular weight is 851 g/mol. The second kappa shape index (κ2) is 27.8. The van der Waals surface area contributed by atoms with Gasteiger partial charge in [-0.2, -0.15) is 0 Å². The number of hydrogen-bond acceptors (Lipinski definition) is 10. The van der Waals surface area contributed by atoms with Crippen LogP contribution in [0.3, 0.4) is 0 Å². The van der Waals surface area contributed by atoms with Crippen molar-refractivity contribution >= 4 is 0 Å². The van der Waals surface area contributed by atoms with Crippen LogP contribution in [0.15, 0.2) is 146 Å². The van der Waals surface area contributed by atoms with E-state index in [0.717, 1.165) is 67.7 Å². The van der Waals surface area contributed by atoms with E-state index in [1.807, 2.05) is 133 Å². The summed E-state index contributed by atoms with van der Waals surface area (Å²) in [6, 6.07) is 47.4. The lowest BCUT2D eigenvalue weighted by Crippen LogP contribution is -2.06. The maximum absolute atomic E-state index is 5.70. The van der Waals surface area contributed by atoms with Gasteiger partial charge in [0.1, 0.15) is 92.3 Å². The second-order valence-electron chi connectivity index (χ2n) is 16.0. The molecule has 5 saturated heterocycles. The number of hydrogen-bond donors (Lipinski definition) is 0. The minimum absolute atomic E-state index is 0.329. The topological polar surface area (TPSA) is 109 Å². The first kappa shape index (κ1) is 47.9. The van der Waals surface area contributed by atoms with Crippen molar-refractivity contribution in [3.8, 4) is 28.7 Å². The van der Waals surface area contributed by atoms with Gasteiger partial charge in [-0.1, -0.05) is 126 Å². The zero-order valence-corrected chi connectivity index (χ0v) is 37.1. The largest absolute Gasteiger partial charge is 0.491 e. The quantitative estimate of drug-likeness (QED) is 0.0891. The Morgan fingerprint density at radius 3 is 0.823 bits per heavy atom. The van der Waals surface area contributed by atoms with Crippen LogP contribution in [0, 0.1) is 5.92 Å². The van der Waals surface area contributed by atoms with Crippen LogP contribution < -0.4 is 23.7 Å². The molecule has 0 saturated carbocycles. The summed E-state index contributed by atoms with van der Waals surface area (Å²) in [7, 11) is 0. The Hall–Kier alpha value is -5.10. The number of epoxide rings is 5. The van der Waals surface area contributed by atoms with Crippen molar-refractivity contribution < 1.29 is 47.4 Å². The van der Waals surface area contributed by atoms with Crippen LogP contribution in [0.1, 0.15) is 46.1 Å². The molecule has 334 valence electrons. The highest BCUT2D eigenvalue weighted by Crippen LogP contribution is 2.27. The van der Waals surface area contributed by atoms with E-state index in [4.69, 9.17) is 47.4 Å². The summed E-state index contributed by atoms with van der Waals surface area (Å²) in [5.74, 6) is 6.02. The molecule has 5 aromatic rings. The summed E-state index contributed by atoms with van der Waals surface area (Å²) in [5.41, 5.74) is 1.27. The molecule has 5 aliphatic heterocycles. The van der Waals surface area contributed by atoms with Crippen LogP contribution >= 0.6 is 0 Å². The minimum Gasteiger partial charge on any atom is -0.491 e. The maximum atomic E-state index is 5.70. The van der Waals surface area contributed by atoms with E-state index >= 15 is 0 Å². The third-order valence-electron chi connectivity index (χ3n) is 8.69. The van der Waals surface area contributed by atoms with E-state index in [9.17, 15) is 0 Å². The summed E-state index contributed by atoms with van der Waals surface area (Å²) < 4.78 is 52.4. The summed E-state index contributed by atoms with van der Waals surface area (Å²) in [6.07, 6.45) is 1.70. The molecular formula is C52H66O10. The summed E-state index contributed by atoms with van der Waals surface area (Å²) in [4.78, 5) is 0. The number of ether oxygens (including phenoxy) is 10. The van der Waals surface area contributed by atoms with Crippen LogP contribution in [0.25, 0.3) is 0 Å². The standard InChI is InChI=1S/C12H16O2.4C9H10O2.C4H10/c1-9(2)11-5-3-4-6-12(11)14-8-10-7-13-10;4*1-2-4-8(5-3-1)10-6-9-7-11-9;1-4(2)3/h3-6,9-10H,7-8H2,1-2H3;4*1-5,9H,6-7H2;4H,1-3H3. The van der Waals surface area contributed by atoms with Crippen molar-refractivity contribution in [3.05, 3.63) is 151 Å². The zero-order valence-electron chi connectivity index (χ0n) is 37.1. The molecule has 10 rings (SSSR count). The van der Waals surface area contributed by atoms with Gasteiger partial charge in [-0.05, 0) is 72.0 Å². The van der Waals surface area contributed by atoms with Crippen LogP contribution in [0.2, 0.25) is 0 Å². The Labute approximate surface area is 369 Å². The molecule has 5 heterocycles. The highest BCUT2D eigenvalue weighted by atomic mass is 16.6. The van der Waals surface area contributed by atoms with Gasteiger partial charge in [0.05, 0.1) is 33.0 Å². The van der Waals surface area contributed by atoms with Gasteiger partial charge in [0.25, 0.3) is 0 Å². The van der Waals surface area contributed by atoms with Gasteiger partial charge in [-0.25, -0.2) is 0 Å². The normalized spacial score (nSPS) is 20.1. The molecule has 0 N–H and O–H groups in total. The summed E-state index contributed by atoms with van der Waals surface area (Å²) in [6.45, 7) is 18.5. The molecule has 62 heavy (non-hydrogen) atoms. The van der Waals surface area contributed by atoms with Gasteiger partial charge in [0.15, 0.2) is 0 Å². The predicted molar refractivity (Wildman–Crippen MR) is 243 cm³/mol. The maximum Gasteiger partial charge on any atom is 0.122 e. The smallest absolute Gasteiger partial charge is 0.122 e. The van der Waals surface area contributed by atoms with Crippen LogP contribution in [-0.2, 0) is 23.7 Å². The van der Waals surface area contributed by atoms with E-state index in [-0.39, 0.29) is 0 Å². The van der Waals surface area contributed by atoms with Gasteiger partial charge in [0, 0.05) is 0 Å². The lowest BCUT2D eigenvalue weighted by molar-refractivity contribution is 0.260. The molecule has 0 aromatic heterocycles. The fourth-order valence-electron chi connectivity index (χ4n) is 4.92. The van der Waals surface area contributed by atoms with Gasteiger partial charge in [-0.15, -0.1) is 0 Å². The highest BCUT2D eigenvalue weighted by molar-refractivity contribution is 5.35. The first-order chi connectivity index (χ1) is 30.3. The zero-order chi connectivity index (χ0) is 43.6. The van der Waals surface area contributed by atoms with E-state index in [1.54, 1.807) is 0 Å². The summed E-state index contributed by atoms with van der Waals surface area (Å²) >= 11 is 0. The van der Waals surface area contributed by atoms with Crippen LogP contribution in [-0.4, -0.2) is 96.6 Å². The number of rotatable bonds is 16. The van der Waals surface area contributed by atoms with Crippen molar-refractivity contribution in [2.45, 2.75) is 71.1 Å². The Kier molecular flexibility index (Phi) is 21.5. The monoisotopic (exact) mass is 850 g/mol. The van der Waals surface area contributed by atoms with Gasteiger partial charge < -0.3 is 47.4 Å². The lowest BCUT2D eigenvalue weighted by Gasteiger charge is -2.12. The van der Waals surface area contributed by atoms with E-state index in [2.05, 4.69) is 46.8 Å². The molecule has 0 bridgehead atoms. The van der Waals surface area contributed by atoms with Gasteiger partial charge in [-0.3, -0.25) is 0 Å². The Morgan fingerprint density at radius 1 is 0.355 bits per heavy atom. The van der Waals surface area contributed by atoms with E-state index in [0.29, 0.717) is 69.5 Å². The molecule has 0 amide bonds. The Morgan fingerprint density at radius 2 is 0.581 bits per heavy atom. The molecular weight excluding hydrogens is 785 g/mol. The molecule has 5 aromatic carbocycles. The molecule has 10 heteroatoms. The predicted octanol–water partition coefficient (Wildman–Crippen LogP) is 10.1. The highest BCUT2D eigenvalue weighted by Gasteiger charge is 2.25. The molecule has 0 aliphatic carbocycles. The molecule has 10 nitrogen and oxygen atoms in total. The van der Waals surface area contributed by atoms with Crippen molar-refractivity contribution in [1.29, 1.82) is 0 Å². The van der Waals surface area contributed by atoms with Gasteiger partial charge in [0.2, 0.25) is 0 Å². The Bertz CT molecular complexity index is 1630. The molecule has 0 radical (unpaired) electrons. The van der Waals surface area contributed by atoms with Crippen molar-refractivity contribution in [2.75, 3.05) is 66.1 Å². The number of para-hydroxylation sites is 5. The number of benzene rings is 5. The average Bonchev–Trinajstić information content (AvgIpc) is 4.09. The second-order valence-corrected chi connectivity index (χ2v) is 16.0. The van der Waals surface area contributed by atoms with Crippen molar-refractivity contribution in [2.24, 2.45) is 5.92 Å². The first-order valence-electron chi connectivity index (χ1n) is 21.8. The minimum atomic E-state index is 0.329. The molecule has 5 fully saturated rings. The van der Waals surface area contributed by atoms with Crippen LogP contribution in [0.5, 0.6) is 28.7 Å². The fourth-order valence-corrected chi connectivity index (χ4v) is 4.92. The fraction of sp³-hybridized carbons (Fsp3) is 0.423. The summed E-state index contributed by atoms with van der Waals surface area (Å²) in [5, 5.41) is 0.